The van der Waals surface area contributed by atoms with E-state index in [2.05, 4.69) is 34.9 Å². The number of hydrogen-bond donors (Lipinski definition) is 0. The van der Waals surface area contributed by atoms with Crippen LogP contribution in [0.25, 0.3) is 0 Å². The number of anilines is 1. The van der Waals surface area contributed by atoms with Crippen molar-refractivity contribution in [3.8, 4) is 0 Å². The molecule has 1 fully saturated rings. The van der Waals surface area contributed by atoms with Crippen molar-refractivity contribution >= 4 is 17.3 Å². The van der Waals surface area contributed by atoms with E-state index in [1.165, 1.54) is 52.6 Å². The molecule has 1 saturated heterocycles. The van der Waals surface area contributed by atoms with Gasteiger partial charge in [-0.05, 0) is 51.6 Å². The molecule has 0 radical (unpaired) electrons. The van der Waals surface area contributed by atoms with E-state index in [9.17, 15) is 0 Å². The lowest BCUT2D eigenvalue weighted by atomic mass is 9.77. The Morgan fingerprint density at radius 1 is 1.24 bits per heavy atom. The van der Waals surface area contributed by atoms with E-state index in [0.717, 1.165) is 25.5 Å². The highest BCUT2D eigenvalue weighted by Crippen LogP contribution is 2.44. The van der Waals surface area contributed by atoms with E-state index in [1.807, 2.05) is 30.3 Å². The summed E-state index contributed by atoms with van der Waals surface area (Å²) in [5, 5.41) is 1.17. The molecule has 3 heterocycles. The Morgan fingerprint density at radius 2 is 2.08 bits per heavy atom. The number of piperidine rings is 1. The van der Waals surface area contributed by atoms with Crippen LogP contribution >= 0.6 is 11.3 Å². The summed E-state index contributed by atoms with van der Waals surface area (Å²) in [5.74, 6) is 0.839. The Morgan fingerprint density at radius 3 is 2.80 bits per heavy atom. The first-order chi connectivity index (χ1) is 12.0. The number of hydrogen-bond acceptors (Lipinski definition) is 6. The molecule has 1 aliphatic heterocycles. The first-order valence-corrected chi connectivity index (χ1v) is 9.97. The van der Waals surface area contributed by atoms with Crippen molar-refractivity contribution in [2.24, 2.45) is 0 Å². The predicted molar refractivity (Wildman–Crippen MR) is 102 cm³/mol. The summed E-state index contributed by atoms with van der Waals surface area (Å²) in [4.78, 5) is 20.1. The smallest absolute Gasteiger partial charge is 0.225 e. The third-order valence-corrected chi connectivity index (χ3v) is 6.71. The minimum atomic E-state index is 0.217. The van der Waals surface area contributed by atoms with Gasteiger partial charge in [0.15, 0.2) is 0 Å². The number of rotatable bonds is 3. The van der Waals surface area contributed by atoms with Gasteiger partial charge in [-0.15, -0.1) is 11.3 Å². The number of aromatic nitrogens is 3. The SMILES string of the molecule is Cc1nc(C)c(CN2CCCC3(CCc4cnc(N(C)C)nc43)C2)s1. The lowest BCUT2D eigenvalue weighted by Crippen LogP contribution is -2.45. The van der Waals surface area contributed by atoms with E-state index in [4.69, 9.17) is 4.98 Å². The van der Waals surface area contributed by atoms with Gasteiger partial charge in [-0.3, -0.25) is 4.90 Å². The first-order valence-electron chi connectivity index (χ1n) is 9.16. The molecule has 0 aromatic carbocycles. The highest BCUT2D eigenvalue weighted by atomic mass is 32.1. The first kappa shape index (κ1) is 16.9. The van der Waals surface area contributed by atoms with Crippen molar-refractivity contribution in [3.05, 3.63) is 33.0 Å². The Labute approximate surface area is 154 Å². The van der Waals surface area contributed by atoms with Crippen LogP contribution in [0.3, 0.4) is 0 Å². The normalized spacial score (nSPS) is 23.2. The van der Waals surface area contributed by atoms with Crippen LogP contribution in [0, 0.1) is 13.8 Å². The molecule has 0 N–H and O–H groups in total. The van der Waals surface area contributed by atoms with Gasteiger partial charge < -0.3 is 4.90 Å². The molecule has 0 bridgehead atoms. The van der Waals surface area contributed by atoms with Gasteiger partial charge in [-0.1, -0.05) is 0 Å². The Balaban J connectivity index is 1.59. The molecule has 0 saturated carbocycles. The maximum absolute atomic E-state index is 4.97. The second-order valence-electron chi connectivity index (χ2n) is 7.77. The fourth-order valence-electron chi connectivity index (χ4n) is 4.43. The van der Waals surface area contributed by atoms with Crippen molar-refractivity contribution in [3.63, 3.8) is 0 Å². The van der Waals surface area contributed by atoms with Crippen molar-refractivity contribution in [2.45, 2.75) is 51.5 Å². The Bertz CT molecular complexity index is 780. The molecular weight excluding hydrogens is 330 g/mol. The minimum Gasteiger partial charge on any atom is -0.347 e. The Hall–Kier alpha value is -1.53. The van der Waals surface area contributed by atoms with E-state index in [0.29, 0.717) is 0 Å². The monoisotopic (exact) mass is 357 g/mol. The molecule has 4 rings (SSSR count). The van der Waals surface area contributed by atoms with E-state index < -0.39 is 0 Å². The predicted octanol–water partition coefficient (Wildman–Crippen LogP) is 3.10. The number of likely N-dealkylation sites (tertiary alicyclic amines) is 1. The topological polar surface area (TPSA) is 45.2 Å². The lowest BCUT2D eigenvalue weighted by Gasteiger charge is -2.40. The van der Waals surface area contributed by atoms with Crippen LogP contribution < -0.4 is 4.90 Å². The largest absolute Gasteiger partial charge is 0.347 e. The molecule has 6 heteroatoms. The van der Waals surface area contributed by atoms with Gasteiger partial charge in [0.2, 0.25) is 5.95 Å². The molecule has 1 atom stereocenters. The van der Waals surface area contributed by atoms with Gasteiger partial charge in [0.25, 0.3) is 0 Å². The molecule has 2 aromatic heterocycles. The Kier molecular flexibility index (Phi) is 4.28. The number of fused-ring (bicyclic) bond motifs is 2. The molecule has 2 aromatic rings. The summed E-state index contributed by atoms with van der Waals surface area (Å²) in [6, 6.07) is 0. The van der Waals surface area contributed by atoms with E-state index in [1.54, 1.807) is 0 Å². The molecule has 2 aliphatic rings. The van der Waals surface area contributed by atoms with Crippen LogP contribution in [-0.2, 0) is 18.4 Å². The second-order valence-corrected chi connectivity index (χ2v) is 9.06. The van der Waals surface area contributed by atoms with Crippen LogP contribution in [0.5, 0.6) is 0 Å². The van der Waals surface area contributed by atoms with Gasteiger partial charge in [-0.25, -0.2) is 15.0 Å². The van der Waals surface area contributed by atoms with Gasteiger partial charge in [0.1, 0.15) is 0 Å². The van der Waals surface area contributed by atoms with E-state index in [-0.39, 0.29) is 5.41 Å². The van der Waals surface area contributed by atoms with Crippen LogP contribution in [0.15, 0.2) is 6.20 Å². The summed E-state index contributed by atoms with van der Waals surface area (Å²) >= 11 is 1.85. The average molecular weight is 358 g/mol. The van der Waals surface area contributed by atoms with Crippen LogP contribution in [0.1, 0.15) is 46.1 Å². The summed E-state index contributed by atoms with van der Waals surface area (Å²) in [7, 11) is 4.04. The molecular formula is C19H27N5S. The maximum Gasteiger partial charge on any atom is 0.225 e. The highest BCUT2D eigenvalue weighted by molar-refractivity contribution is 7.11. The van der Waals surface area contributed by atoms with Crippen molar-refractivity contribution < 1.29 is 0 Å². The summed E-state index contributed by atoms with van der Waals surface area (Å²) < 4.78 is 0. The van der Waals surface area contributed by atoms with Gasteiger partial charge in [-0.2, -0.15) is 0 Å². The zero-order valence-corrected chi connectivity index (χ0v) is 16.5. The average Bonchev–Trinajstić information content (AvgIpc) is 3.08. The number of thiazole rings is 1. The standard InChI is InChI=1S/C19H27N5S/c1-13-16(25-14(2)21-13)11-24-9-5-7-19(12-24)8-6-15-10-20-18(23(3)4)22-17(15)19/h10H,5-9,11-12H2,1-4H3. The molecule has 5 nitrogen and oxygen atoms in total. The van der Waals surface area contributed by atoms with Crippen LogP contribution in [-0.4, -0.2) is 47.0 Å². The van der Waals surface area contributed by atoms with Crippen LogP contribution in [0.2, 0.25) is 0 Å². The maximum atomic E-state index is 4.97. The van der Waals surface area contributed by atoms with Gasteiger partial charge in [0, 0.05) is 43.7 Å². The third kappa shape index (κ3) is 3.06. The van der Waals surface area contributed by atoms with Crippen LogP contribution in [0.4, 0.5) is 5.95 Å². The molecule has 1 spiro atoms. The third-order valence-electron chi connectivity index (χ3n) is 5.65. The molecule has 1 unspecified atom stereocenters. The van der Waals surface area contributed by atoms with Crippen molar-refractivity contribution in [1.29, 1.82) is 0 Å². The lowest BCUT2D eigenvalue weighted by molar-refractivity contribution is 0.137. The molecule has 25 heavy (non-hydrogen) atoms. The minimum absolute atomic E-state index is 0.217. The fraction of sp³-hybridized carbons (Fsp3) is 0.632. The number of aryl methyl sites for hydroxylation is 3. The zero-order valence-electron chi connectivity index (χ0n) is 15.7. The molecule has 0 amide bonds. The summed E-state index contributed by atoms with van der Waals surface area (Å²) in [6.45, 7) is 7.56. The molecule has 1 aliphatic carbocycles. The van der Waals surface area contributed by atoms with Crippen molar-refractivity contribution in [2.75, 3.05) is 32.1 Å². The summed E-state index contributed by atoms with van der Waals surface area (Å²) in [5.41, 5.74) is 4.09. The van der Waals surface area contributed by atoms with Gasteiger partial charge >= 0.3 is 0 Å². The van der Waals surface area contributed by atoms with Gasteiger partial charge in [0.05, 0.1) is 16.4 Å². The quantitative estimate of drug-likeness (QED) is 0.845. The van der Waals surface area contributed by atoms with E-state index >= 15 is 0 Å². The molecule has 134 valence electrons. The van der Waals surface area contributed by atoms with Crippen molar-refractivity contribution in [1.82, 2.24) is 19.9 Å². The summed E-state index contributed by atoms with van der Waals surface area (Å²) in [6.07, 6.45) is 6.89. The highest BCUT2D eigenvalue weighted by Gasteiger charge is 2.43. The number of nitrogens with zero attached hydrogens (tertiary/aromatic N) is 5. The second kappa shape index (κ2) is 6.32. The fourth-order valence-corrected chi connectivity index (χ4v) is 5.41. The zero-order chi connectivity index (χ0) is 17.6.